The number of carbonyl (C=O) groups excluding carboxylic acids is 2. The SMILES string of the molecule is CC(C)CN(C(=O)c1cnc(C(C)(C)C)nc1NCc1ccco1)[C@@H]1CNC[C@H](NC(=O)N2CCOCC2)C1. The van der Waals surface area contributed by atoms with Crippen LogP contribution in [0.3, 0.4) is 0 Å². The predicted octanol–water partition coefficient (Wildman–Crippen LogP) is 2.85. The van der Waals surface area contributed by atoms with E-state index in [4.69, 9.17) is 14.1 Å². The van der Waals surface area contributed by atoms with Gasteiger partial charge in [-0.2, -0.15) is 0 Å². The molecular weight excluding hydrogens is 498 g/mol. The van der Waals surface area contributed by atoms with Crippen LogP contribution in [-0.4, -0.2) is 89.7 Å². The highest BCUT2D eigenvalue weighted by atomic mass is 16.5. The Bertz CT molecular complexity index is 1090. The zero-order valence-corrected chi connectivity index (χ0v) is 23.8. The Balaban J connectivity index is 1.54. The molecule has 0 bridgehead atoms. The van der Waals surface area contributed by atoms with Crippen molar-refractivity contribution in [2.45, 2.75) is 65.1 Å². The van der Waals surface area contributed by atoms with E-state index in [2.05, 4.69) is 34.8 Å². The van der Waals surface area contributed by atoms with Crippen molar-refractivity contribution in [1.82, 2.24) is 30.4 Å². The highest BCUT2D eigenvalue weighted by Gasteiger charge is 2.34. The summed E-state index contributed by atoms with van der Waals surface area (Å²) in [6.07, 6.45) is 3.93. The fourth-order valence-corrected chi connectivity index (χ4v) is 4.86. The lowest BCUT2D eigenvalue weighted by molar-refractivity contribution is 0.0504. The number of nitrogens with one attached hydrogen (secondary N) is 3. The summed E-state index contributed by atoms with van der Waals surface area (Å²) in [5.74, 6) is 2.02. The molecule has 0 saturated carbocycles. The molecule has 0 unspecified atom stereocenters. The first kappa shape index (κ1) is 28.8. The van der Waals surface area contributed by atoms with E-state index in [-0.39, 0.29) is 35.4 Å². The smallest absolute Gasteiger partial charge is 0.317 e. The van der Waals surface area contributed by atoms with Crippen LogP contribution >= 0.6 is 0 Å². The molecule has 2 aromatic rings. The van der Waals surface area contributed by atoms with Crippen molar-refractivity contribution in [2.24, 2.45) is 5.92 Å². The summed E-state index contributed by atoms with van der Waals surface area (Å²) in [5, 5.41) is 9.90. The first-order valence-electron chi connectivity index (χ1n) is 13.9. The highest BCUT2D eigenvalue weighted by Crippen LogP contribution is 2.25. The van der Waals surface area contributed by atoms with Gasteiger partial charge in [0.15, 0.2) is 0 Å². The van der Waals surface area contributed by atoms with Crippen LogP contribution in [0.1, 0.15) is 63.0 Å². The molecule has 0 radical (unpaired) electrons. The van der Waals surface area contributed by atoms with Crippen molar-refractivity contribution >= 4 is 17.8 Å². The molecule has 3 N–H and O–H groups in total. The van der Waals surface area contributed by atoms with Gasteiger partial charge >= 0.3 is 6.03 Å². The summed E-state index contributed by atoms with van der Waals surface area (Å²) in [5.41, 5.74) is 0.147. The zero-order valence-electron chi connectivity index (χ0n) is 23.8. The van der Waals surface area contributed by atoms with Crippen LogP contribution in [0.15, 0.2) is 29.0 Å². The minimum absolute atomic E-state index is 0.0805. The Hall–Kier alpha value is -3.18. The fraction of sp³-hybridized carbons (Fsp3) is 0.643. The average molecular weight is 542 g/mol. The Morgan fingerprint density at radius 2 is 2.00 bits per heavy atom. The van der Waals surface area contributed by atoms with Gasteiger partial charge in [-0.05, 0) is 24.5 Å². The van der Waals surface area contributed by atoms with Gasteiger partial charge in [-0.25, -0.2) is 14.8 Å². The molecule has 2 atom stereocenters. The van der Waals surface area contributed by atoms with E-state index in [1.807, 2.05) is 37.8 Å². The minimum atomic E-state index is -0.278. The van der Waals surface area contributed by atoms with Crippen LogP contribution in [0.4, 0.5) is 10.6 Å². The number of piperidine rings is 1. The van der Waals surface area contributed by atoms with E-state index < -0.39 is 0 Å². The molecule has 2 aliphatic rings. The molecule has 0 spiro atoms. The van der Waals surface area contributed by atoms with Crippen molar-refractivity contribution in [3.8, 4) is 0 Å². The molecule has 39 heavy (non-hydrogen) atoms. The summed E-state index contributed by atoms with van der Waals surface area (Å²) >= 11 is 0. The molecule has 2 fully saturated rings. The molecule has 214 valence electrons. The number of anilines is 1. The second kappa shape index (κ2) is 12.8. The van der Waals surface area contributed by atoms with Crippen molar-refractivity contribution in [3.63, 3.8) is 0 Å². The fourth-order valence-electron chi connectivity index (χ4n) is 4.86. The van der Waals surface area contributed by atoms with E-state index in [9.17, 15) is 9.59 Å². The molecule has 11 nitrogen and oxygen atoms in total. The average Bonchev–Trinajstić information content (AvgIpc) is 3.44. The van der Waals surface area contributed by atoms with Crippen LogP contribution in [-0.2, 0) is 16.7 Å². The molecule has 4 heterocycles. The van der Waals surface area contributed by atoms with E-state index in [1.165, 1.54) is 0 Å². The van der Waals surface area contributed by atoms with Gasteiger partial charge in [-0.15, -0.1) is 0 Å². The van der Waals surface area contributed by atoms with Gasteiger partial charge < -0.3 is 34.9 Å². The van der Waals surface area contributed by atoms with Gasteiger partial charge in [0, 0.05) is 56.4 Å². The lowest BCUT2D eigenvalue weighted by atomic mass is 9.95. The number of furan rings is 1. The quantitative estimate of drug-likeness (QED) is 0.466. The van der Waals surface area contributed by atoms with Gasteiger partial charge in [0.1, 0.15) is 23.0 Å². The maximum atomic E-state index is 14.1. The minimum Gasteiger partial charge on any atom is -0.467 e. The van der Waals surface area contributed by atoms with E-state index in [0.29, 0.717) is 76.1 Å². The lowest BCUT2D eigenvalue weighted by Gasteiger charge is -2.40. The number of hydrogen-bond acceptors (Lipinski definition) is 8. The van der Waals surface area contributed by atoms with Crippen molar-refractivity contribution < 1.29 is 18.7 Å². The standard InChI is InChI=1S/C28H43N7O4/c1-19(2)18-35(21-13-20(14-29-15-21)32-27(37)34-8-11-38-12-9-34)25(36)23-17-31-26(28(3,4)5)33-24(23)30-16-22-7-6-10-39-22/h6-7,10,17,19-21,29H,8-9,11-16,18H2,1-5H3,(H,32,37)(H,30,31,33)/t20-,21+/m1/s1. The Morgan fingerprint density at radius 3 is 2.67 bits per heavy atom. The van der Waals surface area contributed by atoms with Crippen molar-refractivity contribution in [3.05, 3.63) is 41.7 Å². The first-order valence-corrected chi connectivity index (χ1v) is 13.9. The first-order chi connectivity index (χ1) is 18.6. The van der Waals surface area contributed by atoms with Crippen LogP contribution in [0.2, 0.25) is 0 Å². The number of aromatic nitrogens is 2. The van der Waals surface area contributed by atoms with Gasteiger partial charge in [-0.3, -0.25) is 4.79 Å². The van der Waals surface area contributed by atoms with Crippen LogP contribution in [0, 0.1) is 5.92 Å². The molecular formula is C28H43N7O4. The van der Waals surface area contributed by atoms with Crippen LogP contribution in [0.25, 0.3) is 0 Å². The molecule has 2 saturated heterocycles. The second-order valence-corrected chi connectivity index (χ2v) is 11.8. The highest BCUT2D eigenvalue weighted by molar-refractivity contribution is 5.98. The van der Waals surface area contributed by atoms with Gasteiger partial charge in [-0.1, -0.05) is 34.6 Å². The number of carbonyl (C=O) groups is 2. The Morgan fingerprint density at radius 1 is 1.23 bits per heavy atom. The number of urea groups is 1. The van der Waals surface area contributed by atoms with Crippen molar-refractivity contribution in [1.29, 1.82) is 0 Å². The molecule has 2 aliphatic heterocycles. The number of hydrogen-bond donors (Lipinski definition) is 3. The number of amides is 3. The number of ether oxygens (including phenoxy) is 1. The maximum absolute atomic E-state index is 14.1. The third-order valence-corrected chi connectivity index (χ3v) is 6.92. The second-order valence-electron chi connectivity index (χ2n) is 11.8. The molecule has 0 aromatic carbocycles. The van der Waals surface area contributed by atoms with Crippen LogP contribution < -0.4 is 16.0 Å². The van der Waals surface area contributed by atoms with E-state index in [0.717, 1.165) is 5.76 Å². The summed E-state index contributed by atoms with van der Waals surface area (Å²) in [6.45, 7) is 14.9. The Kier molecular flexibility index (Phi) is 9.45. The van der Waals surface area contributed by atoms with Crippen LogP contribution in [0.5, 0.6) is 0 Å². The van der Waals surface area contributed by atoms with Crippen molar-refractivity contribution in [2.75, 3.05) is 51.3 Å². The van der Waals surface area contributed by atoms with E-state index in [1.54, 1.807) is 17.4 Å². The lowest BCUT2D eigenvalue weighted by Crippen LogP contribution is -2.59. The molecule has 0 aliphatic carbocycles. The molecule has 3 amide bonds. The van der Waals surface area contributed by atoms with Gasteiger partial charge in [0.2, 0.25) is 0 Å². The third-order valence-electron chi connectivity index (χ3n) is 6.92. The summed E-state index contributed by atoms with van der Waals surface area (Å²) < 4.78 is 10.8. The summed E-state index contributed by atoms with van der Waals surface area (Å²) in [6, 6.07) is 3.45. The predicted molar refractivity (Wildman–Crippen MR) is 149 cm³/mol. The summed E-state index contributed by atoms with van der Waals surface area (Å²) in [4.78, 5) is 40.0. The topological polar surface area (TPSA) is 125 Å². The number of nitrogens with zero attached hydrogens (tertiary/aromatic N) is 4. The number of morpholine rings is 1. The van der Waals surface area contributed by atoms with Gasteiger partial charge in [0.05, 0.1) is 26.0 Å². The van der Waals surface area contributed by atoms with Gasteiger partial charge in [0.25, 0.3) is 5.91 Å². The van der Waals surface area contributed by atoms with E-state index >= 15 is 0 Å². The largest absolute Gasteiger partial charge is 0.467 e. The third kappa shape index (κ3) is 7.69. The number of rotatable bonds is 8. The molecule has 4 rings (SSSR count). The maximum Gasteiger partial charge on any atom is 0.317 e. The monoisotopic (exact) mass is 541 g/mol. The molecule has 2 aromatic heterocycles. The summed E-state index contributed by atoms with van der Waals surface area (Å²) in [7, 11) is 0. The normalized spacial score (nSPS) is 20.1. The Labute approximate surface area is 231 Å². The molecule has 11 heteroatoms. The zero-order chi connectivity index (χ0) is 28.0.